The maximum atomic E-state index is 11.0. The number of non-ortho nitro benzene ring substituents is 1. The van der Waals surface area contributed by atoms with Crippen LogP contribution in [-0.4, -0.2) is 16.1 Å². The van der Waals surface area contributed by atoms with E-state index in [1.807, 2.05) is 37.4 Å². The lowest BCUT2D eigenvalue weighted by molar-refractivity contribution is -0.384. The fourth-order valence-electron chi connectivity index (χ4n) is 3.30. The van der Waals surface area contributed by atoms with Gasteiger partial charge in [0.05, 0.1) is 15.5 Å². The largest absolute Gasteiger partial charge is 0.269 e. The number of aromatic nitrogens is 1. The number of benzene rings is 3. The summed E-state index contributed by atoms with van der Waals surface area (Å²) in [7, 11) is 0. The topological polar surface area (TPSA) is 68.4 Å². The molecule has 0 N–H and O–H groups in total. The normalized spacial score (nSPS) is 11.4. The van der Waals surface area contributed by atoms with Crippen molar-refractivity contribution in [1.82, 2.24) is 4.98 Å². The fourth-order valence-corrected chi connectivity index (χ4v) is 4.24. The standard InChI is InChI=1S/C26H23N3O2S/c1-17(2)20-10-6-19(7-11-20)16-27-26-28-24(21-8-4-18(3)5-9-21)25(32-26)22-12-14-23(15-13-22)29(30)31/h4-17H,1-3H3. The molecule has 0 spiro atoms. The summed E-state index contributed by atoms with van der Waals surface area (Å²) in [5.41, 5.74) is 6.24. The second kappa shape index (κ2) is 9.24. The monoisotopic (exact) mass is 441 g/mol. The molecule has 5 nitrogen and oxygen atoms in total. The molecule has 32 heavy (non-hydrogen) atoms. The Hall–Kier alpha value is -3.64. The smallest absolute Gasteiger partial charge is 0.258 e. The van der Waals surface area contributed by atoms with Crippen LogP contribution in [0, 0.1) is 17.0 Å². The Morgan fingerprint density at radius 1 is 0.938 bits per heavy atom. The summed E-state index contributed by atoms with van der Waals surface area (Å²) in [6.45, 7) is 6.39. The molecule has 0 fully saturated rings. The van der Waals surface area contributed by atoms with Gasteiger partial charge in [0.2, 0.25) is 5.13 Å². The molecule has 0 bridgehead atoms. The number of nitro benzene ring substituents is 1. The van der Waals surface area contributed by atoms with Gasteiger partial charge in [-0.15, -0.1) is 0 Å². The molecule has 6 heteroatoms. The van der Waals surface area contributed by atoms with Gasteiger partial charge < -0.3 is 0 Å². The van der Waals surface area contributed by atoms with Crippen LogP contribution < -0.4 is 0 Å². The first-order chi connectivity index (χ1) is 15.4. The molecule has 1 heterocycles. The Kier molecular flexibility index (Phi) is 6.23. The van der Waals surface area contributed by atoms with Crippen LogP contribution in [0.4, 0.5) is 10.8 Å². The summed E-state index contributed by atoms with van der Waals surface area (Å²) in [4.78, 5) is 21.0. The molecule has 0 saturated heterocycles. The van der Waals surface area contributed by atoms with Crippen LogP contribution in [0.25, 0.3) is 21.7 Å². The zero-order valence-electron chi connectivity index (χ0n) is 18.1. The van der Waals surface area contributed by atoms with Crippen LogP contribution in [-0.2, 0) is 0 Å². The van der Waals surface area contributed by atoms with E-state index in [0.717, 1.165) is 27.3 Å². The molecule has 160 valence electrons. The molecule has 4 aromatic rings. The molecule has 0 radical (unpaired) electrons. The SMILES string of the molecule is Cc1ccc(-c2nc(N=Cc3ccc(C(C)C)cc3)sc2-c2ccc([N+](=O)[O-])cc2)cc1. The number of nitro groups is 1. The maximum absolute atomic E-state index is 11.0. The minimum atomic E-state index is -0.391. The van der Waals surface area contributed by atoms with Crippen molar-refractivity contribution in [1.29, 1.82) is 0 Å². The van der Waals surface area contributed by atoms with Gasteiger partial charge in [0.1, 0.15) is 0 Å². The molecule has 0 aliphatic heterocycles. The fraction of sp³-hybridized carbons (Fsp3) is 0.154. The van der Waals surface area contributed by atoms with Gasteiger partial charge in [0, 0.05) is 23.9 Å². The van der Waals surface area contributed by atoms with E-state index in [4.69, 9.17) is 4.98 Å². The summed E-state index contributed by atoms with van der Waals surface area (Å²) < 4.78 is 0. The Morgan fingerprint density at radius 2 is 1.56 bits per heavy atom. The molecule has 0 atom stereocenters. The lowest BCUT2D eigenvalue weighted by atomic mass is 10.0. The third kappa shape index (κ3) is 4.81. The van der Waals surface area contributed by atoms with E-state index in [1.54, 1.807) is 12.1 Å². The lowest BCUT2D eigenvalue weighted by Gasteiger charge is -2.04. The van der Waals surface area contributed by atoms with Crippen LogP contribution in [0.5, 0.6) is 0 Å². The van der Waals surface area contributed by atoms with E-state index >= 15 is 0 Å². The Bertz CT molecular complexity index is 1260. The molecule has 0 unspecified atom stereocenters. The molecular weight excluding hydrogens is 418 g/mol. The molecule has 1 aromatic heterocycles. The van der Waals surface area contributed by atoms with E-state index in [2.05, 4.69) is 43.1 Å². The predicted octanol–water partition coefficient (Wildman–Crippen LogP) is 7.57. The molecule has 0 aliphatic rings. The van der Waals surface area contributed by atoms with Gasteiger partial charge in [-0.3, -0.25) is 10.1 Å². The first-order valence-corrected chi connectivity index (χ1v) is 11.2. The van der Waals surface area contributed by atoms with E-state index in [9.17, 15) is 10.1 Å². The van der Waals surface area contributed by atoms with Gasteiger partial charge in [0.15, 0.2) is 0 Å². The number of thiazole rings is 1. The van der Waals surface area contributed by atoms with Gasteiger partial charge in [0.25, 0.3) is 5.69 Å². The van der Waals surface area contributed by atoms with Crippen LogP contribution in [0.3, 0.4) is 0 Å². The van der Waals surface area contributed by atoms with Crippen LogP contribution in [0.2, 0.25) is 0 Å². The van der Waals surface area contributed by atoms with Gasteiger partial charge >= 0.3 is 0 Å². The number of rotatable bonds is 6. The Morgan fingerprint density at radius 3 is 2.16 bits per heavy atom. The third-order valence-electron chi connectivity index (χ3n) is 5.21. The highest BCUT2D eigenvalue weighted by molar-refractivity contribution is 7.19. The minimum Gasteiger partial charge on any atom is -0.258 e. The van der Waals surface area contributed by atoms with Crippen molar-refractivity contribution in [2.45, 2.75) is 26.7 Å². The lowest BCUT2D eigenvalue weighted by Crippen LogP contribution is -1.88. The van der Waals surface area contributed by atoms with E-state index < -0.39 is 4.92 Å². The predicted molar refractivity (Wildman–Crippen MR) is 132 cm³/mol. The first kappa shape index (κ1) is 21.6. The van der Waals surface area contributed by atoms with Crippen molar-refractivity contribution in [3.05, 3.63) is 99.6 Å². The molecule has 0 saturated carbocycles. The van der Waals surface area contributed by atoms with E-state index in [0.29, 0.717) is 11.0 Å². The number of aryl methyl sites for hydroxylation is 1. The number of aliphatic imine (C=N–C) groups is 1. The summed E-state index contributed by atoms with van der Waals surface area (Å²) >= 11 is 1.47. The number of nitrogens with zero attached hydrogens (tertiary/aromatic N) is 3. The zero-order valence-corrected chi connectivity index (χ0v) is 19.0. The summed E-state index contributed by atoms with van der Waals surface area (Å²) in [6.07, 6.45) is 1.82. The van der Waals surface area contributed by atoms with Crippen LogP contribution in [0.15, 0.2) is 77.8 Å². The zero-order chi connectivity index (χ0) is 22.7. The highest BCUT2D eigenvalue weighted by Crippen LogP contribution is 2.40. The Balaban J connectivity index is 1.71. The van der Waals surface area contributed by atoms with E-state index in [1.165, 1.54) is 34.6 Å². The van der Waals surface area contributed by atoms with Crippen molar-refractivity contribution in [2.75, 3.05) is 0 Å². The van der Waals surface area contributed by atoms with Crippen molar-refractivity contribution in [3.8, 4) is 21.7 Å². The van der Waals surface area contributed by atoms with Gasteiger partial charge in [-0.1, -0.05) is 79.3 Å². The van der Waals surface area contributed by atoms with Crippen molar-refractivity contribution >= 4 is 28.4 Å². The summed E-state index contributed by atoms with van der Waals surface area (Å²) in [5, 5.41) is 11.7. The van der Waals surface area contributed by atoms with Gasteiger partial charge in [-0.25, -0.2) is 9.98 Å². The molecule has 0 aliphatic carbocycles. The van der Waals surface area contributed by atoms with Crippen molar-refractivity contribution in [2.24, 2.45) is 4.99 Å². The van der Waals surface area contributed by atoms with Crippen molar-refractivity contribution < 1.29 is 4.92 Å². The van der Waals surface area contributed by atoms with Crippen molar-refractivity contribution in [3.63, 3.8) is 0 Å². The van der Waals surface area contributed by atoms with Gasteiger partial charge in [-0.05, 0) is 41.7 Å². The molecule has 3 aromatic carbocycles. The van der Waals surface area contributed by atoms with Gasteiger partial charge in [-0.2, -0.15) is 0 Å². The quantitative estimate of drug-likeness (QED) is 0.176. The van der Waals surface area contributed by atoms with Crippen LogP contribution in [0.1, 0.15) is 36.5 Å². The van der Waals surface area contributed by atoms with Crippen LogP contribution >= 0.6 is 11.3 Å². The molecule has 0 amide bonds. The minimum absolute atomic E-state index is 0.0678. The molecular formula is C26H23N3O2S. The average molecular weight is 442 g/mol. The average Bonchev–Trinajstić information content (AvgIpc) is 3.23. The highest BCUT2D eigenvalue weighted by atomic mass is 32.1. The number of hydrogen-bond acceptors (Lipinski definition) is 5. The number of hydrogen-bond donors (Lipinski definition) is 0. The second-order valence-corrected chi connectivity index (χ2v) is 8.90. The maximum Gasteiger partial charge on any atom is 0.269 e. The third-order valence-corrected chi connectivity index (χ3v) is 6.22. The summed E-state index contributed by atoms with van der Waals surface area (Å²) in [5.74, 6) is 0.487. The van der Waals surface area contributed by atoms with E-state index in [-0.39, 0.29) is 5.69 Å². The summed E-state index contributed by atoms with van der Waals surface area (Å²) in [6, 6.07) is 23.1. The Labute approximate surface area is 191 Å². The second-order valence-electron chi connectivity index (χ2n) is 7.92. The molecule has 4 rings (SSSR count). The highest BCUT2D eigenvalue weighted by Gasteiger charge is 2.16. The first-order valence-electron chi connectivity index (χ1n) is 10.4.